The van der Waals surface area contributed by atoms with E-state index < -0.39 is 96.0 Å². The molecule has 0 bridgehead atoms. The predicted octanol–water partition coefficient (Wildman–Crippen LogP) is 4.11. The highest BCUT2D eigenvalue weighted by Gasteiger charge is 2.60. The summed E-state index contributed by atoms with van der Waals surface area (Å²) in [6.07, 6.45) is 2.61. The monoisotopic (exact) mass is 811 g/mol. The number of Topliss-reactive ketones (excluding diaryl/α,β-unsaturated/α-hetero) is 2. The fourth-order valence-corrected chi connectivity index (χ4v) is 8.91. The molecule has 2 aromatic heterocycles. The second kappa shape index (κ2) is 19.2. The first kappa shape index (κ1) is 44.8. The van der Waals surface area contributed by atoms with Crippen LogP contribution in [-0.2, 0) is 49.4 Å². The van der Waals surface area contributed by atoms with Gasteiger partial charge in [0.05, 0.1) is 42.4 Å². The highest BCUT2D eigenvalue weighted by atomic mass is 16.7. The molecule has 0 aromatic carbocycles. The lowest BCUT2D eigenvalue weighted by Crippen LogP contribution is -2.59. The van der Waals surface area contributed by atoms with Crippen molar-refractivity contribution in [3.05, 3.63) is 37.1 Å². The Labute approximate surface area is 340 Å². The number of aliphatic hydroxyl groups excluding tert-OH is 1. The van der Waals surface area contributed by atoms with Gasteiger partial charge in [-0.05, 0) is 65.0 Å². The third kappa shape index (κ3) is 9.78. The zero-order chi connectivity index (χ0) is 42.5. The summed E-state index contributed by atoms with van der Waals surface area (Å²) in [6.45, 7) is 14.1. The highest BCUT2D eigenvalue weighted by molar-refractivity contribution is 6.00. The van der Waals surface area contributed by atoms with E-state index in [0.717, 1.165) is 11.3 Å². The minimum absolute atomic E-state index is 0.107. The number of aromatic nitrogens is 3. The summed E-state index contributed by atoms with van der Waals surface area (Å²) in [5.74, 6) is -5.50. The molecule has 3 aliphatic rings. The third-order valence-electron chi connectivity index (χ3n) is 12.1. The van der Waals surface area contributed by atoms with Crippen LogP contribution in [0.15, 0.2) is 37.1 Å². The maximum Gasteiger partial charge on any atom is 0.410 e. The van der Waals surface area contributed by atoms with Crippen LogP contribution in [0.25, 0.3) is 11.3 Å². The standard InChI is InChI=1S/C42H61N5O11/c1-10-33-42(8)38(47(41(53)58-42)17-12-11-16-46-21-31(44-22-46)29-14-13-15-43-20-29)26(5)34(49)23(2)18-32(54-9)37(25(4)35(50)27(6)39(52)56-33)57-40-36(51)30(45-28(7)48)19-24(3)55-40/h13-15,20-27,30,32-33,36-38,40,51H,10-12,16-19H2,1-9H3,(H,45,48)/t23-,24-,25+,26+,27-,30+,32-,33-,36-,37-,38+,40+,42-/m1/s1. The molecule has 0 unspecified atom stereocenters. The summed E-state index contributed by atoms with van der Waals surface area (Å²) in [4.78, 5) is 78.6. The van der Waals surface area contributed by atoms with Gasteiger partial charge in [0.25, 0.3) is 0 Å². The highest BCUT2D eigenvalue weighted by Crippen LogP contribution is 2.42. The van der Waals surface area contributed by atoms with Crippen molar-refractivity contribution in [2.24, 2.45) is 23.7 Å². The van der Waals surface area contributed by atoms with E-state index in [9.17, 15) is 29.1 Å². The summed E-state index contributed by atoms with van der Waals surface area (Å²) in [5.41, 5.74) is 0.294. The number of cyclic esters (lactones) is 1. The van der Waals surface area contributed by atoms with Crippen LogP contribution in [0, 0.1) is 23.7 Å². The number of ether oxygens (including phenoxy) is 5. The minimum atomic E-state index is -1.42. The number of aliphatic hydroxyl groups is 1. The molecule has 13 atom stereocenters. The first-order valence-corrected chi connectivity index (χ1v) is 20.5. The Morgan fingerprint density at radius 2 is 1.78 bits per heavy atom. The number of fused-ring (bicyclic) bond motifs is 1. The van der Waals surface area contributed by atoms with Gasteiger partial charge in [0.15, 0.2) is 17.7 Å². The number of carbonyl (C=O) groups is 5. The third-order valence-corrected chi connectivity index (χ3v) is 12.1. The van der Waals surface area contributed by atoms with Crippen LogP contribution in [0.3, 0.4) is 0 Å². The summed E-state index contributed by atoms with van der Waals surface area (Å²) < 4.78 is 32.5. The quantitative estimate of drug-likeness (QED) is 0.187. The van der Waals surface area contributed by atoms with E-state index in [1.807, 2.05) is 22.9 Å². The number of nitrogens with zero attached hydrogens (tertiary/aromatic N) is 4. The van der Waals surface area contributed by atoms with E-state index in [0.29, 0.717) is 25.8 Å². The van der Waals surface area contributed by atoms with Gasteiger partial charge < -0.3 is 43.6 Å². The van der Waals surface area contributed by atoms with Gasteiger partial charge in [-0.25, -0.2) is 9.78 Å². The Morgan fingerprint density at radius 1 is 1.05 bits per heavy atom. The van der Waals surface area contributed by atoms with E-state index in [-0.39, 0.29) is 31.1 Å². The predicted molar refractivity (Wildman–Crippen MR) is 210 cm³/mol. The van der Waals surface area contributed by atoms with Crippen LogP contribution in [0.2, 0.25) is 0 Å². The average Bonchev–Trinajstić information content (AvgIpc) is 3.77. The molecule has 3 saturated heterocycles. The molecule has 2 N–H and O–H groups in total. The Balaban J connectivity index is 1.40. The van der Waals surface area contributed by atoms with Crippen molar-refractivity contribution in [3.63, 3.8) is 0 Å². The van der Waals surface area contributed by atoms with E-state index in [2.05, 4.69) is 15.3 Å². The molecule has 0 radical (unpaired) electrons. The number of imidazole rings is 1. The van der Waals surface area contributed by atoms with Gasteiger partial charge in [-0.2, -0.15) is 0 Å². The average molecular weight is 812 g/mol. The number of esters is 1. The molecule has 3 fully saturated rings. The molecular formula is C42H61N5O11. The first-order valence-electron chi connectivity index (χ1n) is 20.5. The van der Waals surface area contributed by atoms with E-state index in [4.69, 9.17) is 23.7 Å². The number of pyridine rings is 1. The lowest BCUT2D eigenvalue weighted by atomic mass is 9.75. The van der Waals surface area contributed by atoms with E-state index >= 15 is 0 Å². The Bertz CT molecular complexity index is 1760. The van der Waals surface area contributed by atoms with Crippen LogP contribution in [0.4, 0.5) is 4.79 Å². The summed E-state index contributed by atoms with van der Waals surface area (Å²) in [7, 11) is 1.44. The van der Waals surface area contributed by atoms with Crippen molar-refractivity contribution >= 4 is 29.5 Å². The first-order chi connectivity index (χ1) is 27.5. The molecule has 16 nitrogen and oxygen atoms in total. The van der Waals surface area contributed by atoms with Crippen molar-refractivity contribution < 1.29 is 52.8 Å². The second-order valence-electron chi connectivity index (χ2n) is 16.4. The number of hydrogen-bond acceptors (Lipinski definition) is 13. The summed E-state index contributed by atoms with van der Waals surface area (Å²) >= 11 is 0. The molecule has 2 aromatic rings. The Morgan fingerprint density at radius 3 is 2.43 bits per heavy atom. The maximum atomic E-state index is 14.6. The number of methoxy groups -OCH3 is 1. The number of rotatable bonds is 11. The molecule has 0 saturated carbocycles. The molecule has 0 aliphatic carbocycles. The van der Waals surface area contributed by atoms with Gasteiger partial charge in [-0.15, -0.1) is 0 Å². The van der Waals surface area contributed by atoms with Crippen molar-refractivity contribution in [2.45, 2.75) is 149 Å². The number of ketones is 2. The second-order valence-corrected chi connectivity index (χ2v) is 16.4. The SMILES string of the molecule is CC[C@H]1OC(=O)[C@H](C)C(=O)[C@H](C)[C@@H](O[C@@H]2O[C@H](C)C[C@H](NC(C)=O)[C@H]2O)[C@H](OC)C[C@@H](C)C(=O)[C@H](C)[C@@H]2N(CCCCn3cnc(-c4cccnc4)c3)C(=O)O[C@@]21C. The number of aryl methyl sites for hydroxylation is 1. The molecule has 2 amide bonds. The van der Waals surface area contributed by atoms with Gasteiger partial charge in [-0.1, -0.05) is 27.7 Å². The number of amides is 2. The topological polar surface area (TPSA) is 198 Å². The molecule has 3 aliphatic heterocycles. The van der Waals surface area contributed by atoms with E-state index in [1.165, 1.54) is 21.0 Å². The van der Waals surface area contributed by atoms with Crippen LogP contribution < -0.4 is 5.32 Å². The van der Waals surface area contributed by atoms with Crippen LogP contribution in [0.5, 0.6) is 0 Å². The summed E-state index contributed by atoms with van der Waals surface area (Å²) in [5, 5.41) is 14.0. The van der Waals surface area contributed by atoms with E-state index in [1.54, 1.807) is 65.2 Å². The molecule has 58 heavy (non-hydrogen) atoms. The molecule has 5 rings (SSSR count). The van der Waals surface area contributed by atoms with Crippen LogP contribution in [-0.4, -0.2) is 122 Å². The van der Waals surface area contributed by atoms with Crippen molar-refractivity contribution in [2.75, 3.05) is 13.7 Å². The van der Waals surface area contributed by atoms with Gasteiger partial charge in [0.2, 0.25) is 5.91 Å². The zero-order valence-corrected chi connectivity index (χ0v) is 35.2. The number of hydrogen-bond donors (Lipinski definition) is 2. The van der Waals surface area contributed by atoms with Gasteiger partial charge in [0.1, 0.15) is 23.9 Å². The Kier molecular flexibility index (Phi) is 14.9. The maximum absolute atomic E-state index is 14.6. The smallest absolute Gasteiger partial charge is 0.410 e. The molecule has 0 spiro atoms. The van der Waals surface area contributed by atoms with Gasteiger partial charge in [-0.3, -0.25) is 24.2 Å². The zero-order valence-electron chi connectivity index (χ0n) is 35.2. The van der Waals surface area contributed by atoms with Gasteiger partial charge in [0, 0.05) is 69.0 Å². The summed E-state index contributed by atoms with van der Waals surface area (Å²) in [6, 6.07) is 2.31. The molecule has 320 valence electrons. The lowest BCUT2D eigenvalue weighted by molar-refractivity contribution is -0.277. The van der Waals surface area contributed by atoms with Crippen molar-refractivity contribution in [3.8, 4) is 11.3 Å². The van der Waals surface area contributed by atoms with Crippen LogP contribution >= 0.6 is 0 Å². The molecular weight excluding hydrogens is 750 g/mol. The fraction of sp³-hybridized carbons (Fsp3) is 0.690. The molecule has 5 heterocycles. The van der Waals surface area contributed by atoms with Gasteiger partial charge >= 0.3 is 12.1 Å². The van der Waals surface area contributed by atoms with Crippen LogP contribution in [0.1, 0.15) is 87.5 Å². The number of carbonyl (C=O) groups excluding carboxylic acids is 5. The molecule has 16 heteroatoms. The Hall–Kier alpha value is -4.25. The normalized spacial score (nSPS) is 35.2. The lowest BCUT2D eigenvalue weighted by Gasteiger charge is -2.43. The number of nitrogens with one attached hydrogen (secondary N) is 1. The van der Waals surface area contributed by atoms with Crippen molar-refractivity contribution in [1.29, 1.82) is 0 Å². The largest absolute Gasteiger partial charge is 0.458 e. The number of unbranched alkanes of at least 4 members (excludes halogenated alkanes) is 1. The van der Waals surface area contributed by atoms with Crippen molar-refractivity contribution in [1.82, 2.24) is 24.8 Å². The fourth-order valence-electron chi connectivity index (χ4n) is 8.91. The minimum Gasteiger partial charge on any atom is -0.458 e.